The normalized spacial score (nSPS) is 20.3. The molecule has 0 saturated heterocycles. The number of benzene rings is 8. The second-order valence-electron chi connectivity index (χ2n) is 19.4. The molecule has 0 spiro atoms. The molecule has 63 heavy (non-hydrogen) atoms. The van der Waals surface area contributed by atoms with Crippen LogP contribution in [0, 0.1) is 5.92 Å². The first-order valence-corrected chi connectivity index (χ1v) is 26.1. The fraction of sp³-hybridized carbons (Fsp3) is 0.129. The van der Waals surface area contributed by atoms with Gasteiger partial charge in [0.1, 0.15) is 8.07 Å². The van der Waals surface area contributed by atoms with Gasteiger partial charge in [0, 0.05) is 5.92 Å². The predicted octanol–water partition coefficient (Wildman–Crippen LogP) is 15.4. The van der Waals surface area contributed by atoms with E-state index in [0.717, 1.165) is 19.3 Å². The summed E-state index contributed by atoms with van der Waals surface area (Å²) in [7, 11) is -2.16. The smallest absolute Gasteiger partial charge is 0.0833 e. The van der Waals surface area contributed by atoms with E-state index in [9.17, 15) is 0 Å². The highest BCUT2D eigenvalue weighted by Gasteiger charge is 2.41. The Bertz CT molecular complexity index is 3580. The molecule has 0 bridgehead atoms. The molecule has 6 aliphatic rings. The topological polar surface area (TPSA) is 0 Å². The molecular formula is C62H46Si. The van der Waals surface area contributed by atoms with Crippen molar-refractivity contribution in [3.8, 4) is 44.5 Å². The van der Waals surface area contributed by atoms with Crippen LogP contribution in [0.3, 0.4) is 0 Å². The summed E-state index contributed by atoms with van der Waals surface area (Å²) in [6.45, 7) is 5.20. The molecule has 3 atom stereocenters. The summed E-state index contributed by atoms with van der Waals surface area (Å²) in [5.41, 5.74) is 21.2. The summed E-state index contributed by atoms with van der Waals surface area (Å²) in [5, 5.41) is 11.0. The Morgan fingerprint density at radius 1 is 0.492 bits per heavy atom. The largest absolute Gasteiger partial charge is 0.113 e. The molecule has 0 nitrogen and oxygen atoms in total. The lowest BCUT2D eigenvalue weighted by Gasteiger charge is -2.40. The minimum absolute atomic E-state index is 0.450. The average Bonchev–Trinajstić information content (AvgIpc) is 3.55. The molecule has 8 aromatic rings. The Kier molecular flexibility index (Phi) is 7.44. The molecular weight excluding hydrogens is 773 g/mol. The van der Waals surface area contributed by atoms with Crippen molar-refractivity contribution in [1.82, 2.24) is 0 Å². The maximum Gasteiger partial charge on any atom is 0.113 e. The van der Waals surface area contributed by atoms with Crippen molar-refractivity contribution >= 4 is 68.5 Å². The van der Waals surface area contributed by atoms with Crippen LogP contribution in [-0.4, -0.2) is 8.07 Å². The molecule has 1 heterocycles. The second kappa shape index (κ2) is 13.1. The van der Waals surface area contributed by atoms with Gasteiger partial charge in [0.05, 0.1) is 0 Å². The number of allylic oxidation sites excluding steroid dienone is 10. The lowest BCUT2D eigenvalue weighted by molar-refractivity contribution is 0.534. The minimum atomic E-state index is -2.16. The Balaban J connectivity index is 0.988. The summed E-state index contributed by atoms with van der Waals surface area (Å²) >= 11 is 0. The summed E-state index contributed by atoms with van der Waals surface area (Å²) < 4.78 is 0. The number of hydrogen-bond acceptors (Lipinski definition) is 0. The van der Waals surface area contributed by atoms with Crippen LogP contribution in [0.25, 0.3) is 94.6 Å². The van der Waals surface area contributed by atoms with Crippen molar-refractivity contribution in [2.24, 2.45) is 5.92 Å². The van der Waals surface area contributed by atoms with Crippen LogP contribution in [0.2, 0.25) is 13.1 Å². The van der Waals surface area contributed by atoms with Crippen LogP contribution in [0.15, 0.2) is 182 Å². The maximum atomic E-state index is 2.66. The fourth-order valence-electron chi connectivity index (χ4n) is 12.9. The van der Waals surface area contributed by atoms with Crippen LogP contribution in [-0.2, 0) is 0 Å². The second-order valence-corrected chi connectivity index (χ2v) is 23.7. The van der Waals surface area contributed by atoms with Crippen LogP contribution in [0.1, 0.15) is 58.9 Å². The third-order valence-electron chi connectivity index (χ3n) is 15.8. The standard InChI is InChI=1S/C62H46Si/c1-63(2)57-34-42(45-30-31-53-51-21-10-17-39-16-9-20-50(59(39)51)52-23-11-22-47(45)62(52)53)28-29-46(57)54-35-55-56(36-58(54)63)61(44-27-25-38-13-4-6-15-41(38)33-44)49-19-8-7-18-48(49)60(55)43-26-24-37-12-3-5-14-40(37)32-43/h3-19,21-22,24,26-36,38,50,52H,20,23,25H2,1-2H3. The first-order valence-electron chi connectivity index (χ1n) is 23.1. The van der Waals surface area contributed by atoms with Crippen LogP contribution in [0.4, 0.5) is 0 Å². The molecule has 1 heteroatoms. The zero-order valence-electron chi connectivity index (χ0n) is 35.8. The molecule has 0 radical (unpaired) electrons. The number of hydrogen-bond donors (Lipinski definition) is 0. The predicted molar refractivity (Wildman–Crippen MR) is 273 cm³/mol. The zero-order chi connectivity index (χ0) is 41.6. The van der Waals surface area contributed by atoms with Crippen molar-refractivity contribution in [3.05, 3.63) is 209 Å². The van der Waals surface area contributed by atoms with Gasteiger partial charge in [-0.3, -0.25) is 0 Å². The highest BCUT2D eigenvalue weighted by molar-refractivity contribution is 7.04. The van der Waals surface area contributed by atoms with Crippen LogP contribution >= 0.6 is 0 Å². The SMILES string of the molecule is C[Si]1(C)c2cc(-c3ccc4c5c3C=CCC5C3CC=Cc5cccc-4c53)ccc2-c2cc3c(-c4ccc5ccccc5c4)c4ccccc4c(C4=CCC5C=CC=CC5=C4)c3cc21. The summed E-state index contributed by atoms with van der Waals surface area (Å²) in [5.74, 6) is 1.51. The Morgan fingerprint density at radius 2 is 1.22 bits per heavy atom. The van der Waals surface area contributed by atoms with E-state index in [2.05, 4.69) is 201 Å². The molecule has 0 aromatic heterocycles. The van der Waals surface area contributed by atoms with Gasteiger partial charge >= 0.3 is 0 Å². The van der Waals surface area contributed by atoms with E-state index in [0.29, 0.717) is 17.8 Å². The molecule has 0 N–H and O–H groups in total. The molecule has 5 aliphatic carbocycles. The van der Waals surface area contributed by atoms with E-state index in [1.807, 2.05) is 0 Å². The highest BCUT2D eigenvalue weighted by atomic mass is 28.3. The zero-order valence-corrected chi connectivity index (χ0v) is 36.8. The van der Waals surface area contributed by atoms with Gasteiger partial charge in [0.25, 0.3) is 0 Å². The molecule has 0 fully saturated rings. The third-order valence-corrected chi connectivity index (χ3v) is 19.4. The molecule has 0 saturated carbocycles. The van der Waals surface area contributed by atoms with Crippen molar-refractivity contribution in [2.75, 3.05) is 0 Å². The van der Waals surface area contributed by atoms with E-state index in [1.54, 1.807) is 21.5 Å². The molecule has 14 rings (SSSR count). The molecule has 0 amide bonds. The van der Waals surface area contributed by atoms with Gasteiger partial charge in [-0.1, -0.05) is 189 Å². The first-order chi connectivity index (χ1) is 31.0. The van der Waals surface area contributed by atoms with Crippen molar-refractivity contribution in [1.29, 1.82) is 0 Å². The van der Waals surface area contributed by atoms with Crippen molar-refractivity contribution in [3.63, 3.8) is 0 Å². The Morgan fingerprint density at radius 3 is 2.13 bits per heavy atom. The summed E-state index contributed by atoms with van der Waals surface area (Å²) in [4.78, 5) is 0. The average molecular weight is 819 g/mol. The summed E-state index contributed by atoms with van der Waals surface area (Å²) in [6.07, 6.45) is 27.0. The maximum absolute atomic E-state index is 2.66. The Hall–Kier alpha value is -6.80. The highest BCUT2D eigenvalue weighted by Crippen LogP contribution is 2.57. The van der Waals surface area contributed by atoms with E-state index in [1.165, 1.54) is 105 Å². The van der Waals surface area contributed by atoms with Gasteiger partial charge in [0.15, 0.2) is 0 Å². The van der Waals surface area contributed by atoms with Crippen molar-refractivity contribution in [2.45, 2.75) is 44.2 Å². The quantitative estimate of drug-likeness (QED) is 0.123. The van der Waals surface area contributed by atoms with Gasteiger partial charge < -0.3 is 0 Å². The number of rotatable bonds is 3. The fourth-order valence-corrected chi connectivity index (χ4v) is 16.0. The van der Waals surface area contributed by atoms with E-state index in [4.69, 9.17) is 0 Å². The van der Waals surface area contributed by atoms with Crippen LogP contribution in [0.5, 0.6) is 0 Å². The van der Waals surface area contributed by atoms with E-state index in [-0.39, 0.29) is 0 Å². The van der Waals surface area contributed by atoms with Gasteiger partial charge in [-0.25, -0.2) is 0 Å². The van der Waals surface area contributed by atoms with Gasteiger partial charge in [0.2, 0.25) is 0 Å². The van der Waals surface area contributed by atoms with E-state index >= 15 is 0 Å². The van der Waals surface area contributed by atoms with Gasteiger partial charge in [-0.05, 0) is 169 Å². The molecule has 8 aromatic carbocycles. The molecule has 1 aliphatic heterocycles. The van der Waals surface area contributed by atoms with Crippen LogP contribution < -0.4 is 10.4 Å². The third kappa shape index (κ3) is 5.03. The summed E-state index contributed by atoms with van der Waals surface area (Å²) in [6, 6.07) is 49.7. The minimum Gasteiger partial charge on any atom is -0.0833 e. The monoisotopic (exact) mass is 818 g/mol. The van der Waals surface area contributed by atoms with Gasteiger partial charge in [-0.2, -0.15) is 0 Å². The lowest BCUT2D eigenvalue weighted by atomic mass is 9.63. The lowest BCUT2D eigenvalue weighted by Crippen LogP contribution is -2.49. The Labute approximate surface area is 370 Å². The van der Waals surface area contributed by atoms with E-state index < -0.39 is 8.07 Å². The molecule has 3 unspecified atom stereocenters. The number of fused-ring (bicyclic) bond motifs is 9. The molecule has 298 valence electrons. The first kappa shape index (κ1) is 35.8. The van der Waals surface area contributed by atoms with Crippen molar-refractivity contribution < 1.29 is 0 Å². The van der Waals surface area contributed by atoms with Gasteiger partial charge in [-0.15, -0.1) is 0 Å².